The lowest BCUT2D eigenvalue weighted by atomic mass is 9.84. The van der Waals surface area contributed by atoms with Gasteiger partial charge in [-0.1, -0.05) is 43.2 Å². The summed E-state index contributed by atoms with van der Waals surface area (Å²) in [4.78, 5) is 2.35. The molecule has 1 aromatic carbocycles. The second-order valence-electron chi connectivity index (χ2n) is 5.50. The van der Waals surface area contributed by atoms with Crippen molar-refractivity contribution in [3.63, 3.8) is 0 Å². The molecule has 2 N–H and O–H groups in total. The van der Waals surface area contributed by atoms with Crippen LogP contribution in [-0.4, -0.2) is 30.6 Å². The van der Waals surface area contributed by atoms with Gasteiger partial charge in [-0.25, -0.2) is 0 Å². The number of nitrogens with two attached hydrogens (primary N) is 1. The van der Waals surface area contributed by atoms with Crippen LogP contribution in [0.15, 0.2) is 30.3 Å². The van der Waals surface area contributed by atoms with Crippen LogP contribution in [0.25, 0.3) is 0 Å². The minimum Gasteiger partial charge on any atom is -0.326 e. The summed E-state index contributed by atoms with van der Waals surface area (Å²) in [6.07, 6.45) is 6.11. The van der Waals surface area contributed by atoms with E-state index in [1.165, 1.54) is 31.2 Å². The Bertz CT molecular complexity index is 339. The fourth-order valence-corrected chi connectivity index (χ4v) is 3.19. The van der Waals surface area contributed by atoms with Crippen molar-refractivity contribution >= 4 is 0 Å². The van der Waals surface area contributed by atoms with Gasteiger partial charge >= 0.3 is 0 Å². The molecule has 1 saturated carbocycles. The van der Waals surface area contributed by atoms with Gasteiger partial charge in [-0.15, -0.1) is 0 Å². The molecule has 1 atom stereocenters. The molecule has 0 unspecified atom stereocenters. The van der Waals surface area contributed by atoms with Crippen molar-refractivity contribution in [2.24, 2.45) is 5.73 Å². The monoisotopic (exact) mass is 232 g/mol. The Morgan fingerprint density at radius 2 is 1.76 bits per heavy atom. The normalized spacial score (nSPS) is 20.7. The maximum atomic E-state index is 6.51. The van der Waals surface area contributed by atoms with Crippen LogP contribution in [0.2, 0.25) is 0 Å². The van der Waals surface area contributed by atoms with Crippen molar-refractivity contribution in [3.05, 3.63) is 35.9 Å². The Hall–Kier alpha value is -0.860. The largest absolute Gasteiger partial charge is 0.326 e. The third-order valence-corrected chi connectivity index (χ3v) is 4.35. The molecule has 1 fully saturated rings. The van der Waals surface area contributed by atoms with Gasteiger partial charge < -0.3 is 10.6 Å². The number of rotatable bonds is 4. The van der Waals surface area contributed by atoms with Crippen LogP contribution in [0.1, 0.15) is 31.2 Å². The number of likely N-dealkylation sites (N-methyl/N-ethyl adjacent to an activating group) is 1. The molecule has 2 rings (SSSR count). The molecule has 0 bridgehead atoms. The Morgan fingerprint density at radius 1 is 1.18 bits per heavy atom. The highest BCUT2D eigenvalue weighted by molar-refractivity contribution is 5.18. The van der Waals surface area contributed by atoms with Gasteiger partial charge in [0.2, 0.25) is 0 Å². The Kier molecular flexibility index (Phi) is 3.85. The first-order valence-corrected chi connectivity index (χ1v) is 6.62. The van der Waals surface area contributed by atoms with Crippen molar-refractivity contribution in [1.82, 2.24) is 4.90 Å². The summed E-state index contributed by atoms with van der Waals surface area (Å²) < 4.78 is 0. The lowest BCUT2D eigenvalue weighted by molar-refractivity contribution is 0.123. The molecule has 0 amide bonds. The molecule has 1 aromatic rings. The topological polar surface area (TPSA) is 29.3 Å². The average molecular weight is 232 g/mol. The molecule has 2 heteroatoms. The smallest absolute Gasteiger partial charge is 0.0357 e. The van der Waals surface area contributed by atoms with E-state index in [1.54, 1.807) is 0 Å². The molecule has 0 heterocycles. The zero-order chi connectivity index (χ0) is 12.3. The SMILES string of the molecule is CN(C)C1([C@H](N)Cc2ccccc2)CCCC1. The van der Waals surface area contributed by atoms with Gasteiger partial charge in [0.15, 0.2) is 0 Å². The number of hydrogen-bond donors (Lipinski definition) is 1. The van der Waals surface area contributed by atoms with E-state index in [2.05, 4.69) is 49.3 Å². The standard InChI is InChI=1S/C15H24N2/c1-17(2)15(10-6-7-11-15)14(16)12-13-8-4-3-5-9-13/h3-5,8-9,14H,6-7,10-12,16H2,1-2H3/t14-/m1/s1. The van der Waals surface area contributed by atoms with E-state index in [0.29, 0.717) is 0 Å². The van der Waals surface area contributed by atoms with Gasteiger partial charge in [-0.2, -0.15) is 0 Å². The number of hydrogen-bond acceptors (Lipinski definition) is 2. The Morgan fingerprint density at radius 3 is 2.29 bits per heavy atom. The molecule has 0 spiro atoms. The molecular formula is C15H24N2. The molecule has 1 aliphatic rings. The number of benzene rings is 1. The Balaban J connectivity index is 2.10. The third-order valence-electron chi connectivity index (χ3n) is 4.35. The van der Waals surface area contributed by atoms with Crippen LogP contribution in [0.5, 0.6) is 0 Å². The predicted molar refractivity (Wildman–Crippen MR) is 73.0 cm³/mol. The second-order valence-corrected chi connectivity index (χ2v) is 5.50. The molecule has 0 saturated heterocycles. The van der Waals surface area contributed by atoms with E-state index >= 15 is 0 Å². The molecule has 0 aromatic heterocycles. The van der Waals surface area contributed by atoms with Gasteiger partial charge in [0, 0.05) is 11.6 Å². The summed E-state index contributed by atoms with van der Waals surface area (Å²) in [7, 11) is 4.35. The van der Waals surface area contributed by atoms with E-state index in [1.807, 2.05) is 0 Å². The van der Waals surface area contributed by atoms with Crippen LogP contribution in [0, 0.1) is 0 Å². The van der Waals surface area contributed by atoms with Gasteiger partial charge in [0.05, 0.1) is 0 Å². The molecule has 0 aliphatic heterocycles. The first kappa shape index (κ1) is 12.6. The van der Waals surface area contributed by atoms with Crippen molar-refractivity contribution in [2.75, 3.05) is 14.1 Å². The fraction of sp³-hybridized carbons (Fsp3) is 0.600. The molecule has 17 heavy (non-hydrogen) atoms. The highest BCUT2D eigenvalue weighted by atomic mass is 15.2. The van der Waals surface area contributed by atoms with Crippen LogP contribution >= 0.6 is 0 Å². The minimum atomic E-state index is 0.218. The Labute approximate surface area is 105 Å². The highest BCUT2D eigenvalue weighted by Gasteiger charge is 2.41. The zero-order valence-electron chi connectivity index (χ0n) is 11.0. The van der Waals surface area contributed by atoms with Gasteiger partial charge in [0.25, 0.3) is 0 Å². The summed E-state index contributed by atoms with van der Waals surface area (Å²) >= 11 is 0. The van der Waals surface area contributed by atoms with Crippen LogP contribution in [-0.2, 0) is 6.42 Å². The second kappa shape index (κ2) is 5.19. The zero-order valence-corrected chi connectivity index (χ0v) is 11.0. The van der Waals surface area contributed by atoms with E-state index < -0.39 is 0 Å². The molecule has 94 valence electrons. The summed E-state index contributed by atoms with van der Waals surface area (Å²) in [6.45, 7) is 0. The van der Waals surface area contributed by atoms with Gasteiger partial charge in [-0.3, -0.25) is 0 Å². The van der Waals surface area contributed by atoms with Crippen molar-refractivity contribution in [1.29, 1.82) is 0 Å². The lowest BCUT2D eigenvalue weighted by Crippen LogP contribution is -2.56. The van der Waals surface area contributed by atoms with Crippen LogP contribution in [0.3, 0.4) is 0 Å². The van der Waals surface area contributed by atoms with Crippen molar-refractivity contribution < 1.29 is 0 Å². The van der Waals surface area contributed by atoms with E-state index in [9.17, 15) is 0 Å². The van der Waals surface area contributed by atoms with E-state index in [-0.39, 0.29) is 11.6 Å². The maximum Gasteiger partial charge on any atom is 0.0357 e. The summed E-state index contributed by atoms with van der Waals surface area (Å²) in [5, 5.41) is 0. The molecular weight excluding hydrogens is 208 g/mol. The molecule has 0 radical (unpaired) electrons. The summed E-state index contributed by atoms with van der Waals surface area (Å²) in [5.41, 5.74) is 8.08. The fourth-order valence-electron chi connectivity index (χ4n) is 3.19. The van der Waals surface area contributed by atoms with E-state index in [4.69, 9.17) is 5.73 Å². The first-order chi connectivity index (χ1) is 8.15. The van der Waals surface area contributed by atoms with Gasteiger partial charge in [-0.05, 0) is 38.9 Å². The lowest BCUT2D eigenvalue weighted by Gasteiger charge is -2.41. The first-order valence-electron chi connectivity index (χ1n) is 6.62. The van der Waals surface area contributed by atoms with Crippen LogP contribution < -0.4 is 5.73 Å². The highest BCUT2D eigenvalue weighted by Crippen LogP contribution is 2.36. The van der Waals surface area contributed by atoms with Crippen molar-refractivity contribution in [3.8, 4) is 0 Å². The minimum absolute atomic E-state index is 0.218. The molecule has 1 aliphatic carbocycles. The van der Waals surface area contributed by atoms with E-state index in [0.717, 1.165) is 6.42 Å². The average Bonchev–Trinajstić information content (AvgIpc) is 2.80. The van der Waals surface area contributed by atoms with Gasteiger partial charge in [0.1, 0.15) is 0 Å². The van der Waals surface area contributed by atoms with Crippen molar-refractivity contribution in [2.45, 2.75) is 43.7 Å². The summed E-state index contributed by atoms with van der Waals surface area (Å²) in [6, 6.07) is 10.9. The maximum absolute atomic E-state index is 6.51. The predicted octanol–water partition coefficient (Wildman–Crippen LogP) is 2.43. The quantitative estimate of drug-likeness (QED) is 0.864. The molecule has 2 nitrogen and oxygen atoms in total. The summed E-state index contributed by atoms with van der Waals surface area (Å²) in [5.74, 6) is 0. The number of nitrogens with zero attached hydrogens (tertiary/aromatic N) is 1. The third kappa shape index (κ3) is 2.53. The van der Waals surface area contributed by atoms with Crippen LogP contribution in [0.4, 0.5) is 0 Å².